The van der Waals surface area contributed by atoms with Crippen molar-refractivity contribution >= 4 is 34.4 Å². The highest BCUT2D eigenvalue weighted by molar-refractivity contribution is 6.10. The minimum absolute atomic E-state index is 0.133. The molecule has 2 fully saturated rings. The van der Waals surface area contributed by atoms with E-state index < -0.39 is 51.7 Å². The van der Waals surface area contributed by atoms with Gasteiger partial charge in [0.2, 0.25) is 11.8 Å². The Morgan fingerprint density at radius 1 is 1.14 bits per heavy atom. The highest BCUT2D eigenvalue weighted by atomic mass is 16.6. The smallest absolute Gasteiger partial charge is 0.325 e. The molecule has 3 aromatic rings. The van der Waals surface area contributed by atoms with Crippen molar-refractivity contribution in [2.75, 3.05) is 0 Å². The number of non-ortho nitro benzene ring substituents is 1. The molecule has 1 aromatic heterocycles. The van der Waals surface area contributed by atoms with Gasteiger partial charge in [-0.05, 0) is 38.5 Å². The molecule has 2 N–H and O–H groups in total. The summed E-state index contributed by atoms with van der Waals surface area (Å²) in [7, 11) is 0. The molecule has 3 heterocycles. The topological polar surface area (TPSA) is 143 Å². The highest BCUT2D eigenvalue weighted by Crippen LogP contribution is 2.52. The summed E-state index contributed by atoms with van der Waals surface area (Å²) in [5.41, 5.74) is -1.76. The third-order valence-corrected chi connectivity index (χ3v) is 7.09. The lowest BCUT2D eigenvalue weighted by atomic mass is 9.76. The number of carbonyl (C=O) groups is 3. The van der Waals surface area contributed by atoms with Gasteiger partial charge >= 0.3 is 5.97 Å². The number of carboxylic acids is 1. The number of para-hydroxylation sites is 1. The fourth-order valence-electron chi connectivity index (χ4n) is 5.56. The molecule has 4 unspecified atom stereocenters. The molecule has 4 atom stereocenters. The van der Waals surface area contributed by atoms with Gasteiger partial charge in [-0.1, -0.05) is 30.3 Å². The van der Waals surface area contributed by atoms with Crippen molar-refractivity contribution in [2.24, 2.45) is 11.8 Å². The minimum Gasteiger partial charge on any atom is -0.480 e. The number of carbonyl (C=O) groups excluding carboxylic acids is 2. The molecule has 2 amide bonds. The van der Waals surface area contributed by atoms with Gasteiger partial charge in [-0.2, -0.15) is 0 Å². The van der Waals surface area contributed by atoms with Crippen molar-refractivity contribution in [1.82, 2.24) is 10.2 Å². The van der Waals surface area contributed by atoms with Crippen molar-refractivity contribution in [2.45, 2.75) is 44.3 Å². The number of likely N-dealkylation sites (tertiary alicyclic amines) is 1. The fourth-order valence-corrected chi connectivity index (χ4v) is 5.56. The number of hydrogen-bond acceptors (Lipinski definition) is 7. The molecule has 0 bridgehead atoms. The Kier molecular flexibility index (Phi) is 5.26. The van der Waals surface area contributed by atoms with Gasteiger partial charge in [0, 0.05) is 29.5 Å². The summed E-state index contributed by atoms with van der Waals surface area (Å²) in [4.78, 5) is 52.0. The van der Waals surface area contributed by atoms with Gasteiger partial charge < -0.3 is 9.52 Å². The number of furan rings is 1. The molecule has 10 nitrogen and oxygen atoms in total. The van der Waals surface area contributed by atoms with Crippen LogP contribution >= 0.6 is 0 Å². The number of imide groups is 1. The number of rotatable bonds is 5. The van der Waals surface area contributed by atoms with Crippen LogP contribution in [-0.4, -0.2) is 43.8 Å². The monoisotopic (exact) mass is 491 g/mol. The Morgan fingerprint density at radius 2 is 1.81 bits per heavy atom. The Balaban J connectivity index is 1.64. The van der Waals surface area contributed by atoms with Gasteiger partial charge in [0.1, 0.15) is 16.9 Å². The lowest BCUT2D eigenvalue weighted by Gasteiger charge is -2.35. The summed E-state index contributed by atoms with van der Waals surface area (Å²) in [6, 6.07) is 13.7. The second kappa shape index (κ2) is 7.99. The van der Waals surface area contributed by atoms with Crippen LogP contribution in [-0.2, 0) is 20.8 Å². The number of nitrogens with zero attached hydrogens (tertiary/aromatic N) is 2. The van der Waals surface area contributed by atoms with E-state index in [1.54, 1.807) is 32.9 Å². The quantitative estimate of drug-likeness (QED) is 0.314. The zero-order chi connectivity index (χ0) is 26.0. The first-order valence-corrected chi connectivity index (χ1v) is 11.5. The van der Waals surface area contributed by atoms with E-state index in [2.05, 4.69) is 5.32 Å². The Bertz CT molecular complexity index is 1370. The molecule has 0 spiro atoms. The van der Waals surface area contributed by atoms with Gasteiger partial charge in [-0.15, -0.1) is 0 Å². The van der Waals surface area contributed by atoms with Gasteiger partial charge in [0.25, 0.3) is 5.69 Å². The summed E-state index contributed by atoms with van der Waals surface area (Å²) in [6.45, 7) is 5.19. The molecule has 186 valence electrons. The van der Waals surface area contributed by atoms with Crippen LogP contribution < -0.4 is 5.32 Å². The maximum absolute atomic E-state index is 13.7. The summed E-state index contributed by atoms with van der Waals surface area (Å²) < 4.78 is 6.02. The third kappa shape index (κ3) is 3.48. The predicted molar refractivity (Wildman–Crippen MR) is 128 cm³/mol. The van der Waals surface area contributed by atoms with Gasteiger partial charge in [0.05, 0.1) is 22.8 Å². The van der Waals surface area contributed by atoms with Crippen molar-refractivity contribution in [3.8, 4) is 0 Å². The largest absolute Gasteiger partial charge is 0.480 e. The Hall–Kier alpha value is -4.05. The number of nitro groups is 1. The van der Waals surface area contributed by atoms with Crippen LogP contribution in [0.1, 0.15) is 38.1 Å². The first kappa shape index (κ1) is 23.7. The van der Waals surface area contributed by atoms with E-state index >= 15 is 0 Å². The summed E-state index contributed by atoms with van der Waals surface area (Å²) in [5.74, 6) is -4.13. The van der Waals surface area contributed by atoms with E-state index in [4.69, 9.17) is 4.42 Å². The molecule has 5 rings (SSSR count). The second-order valence-corrected chi connectivity index (χ2v) is 10.4. The van der Waals surface area contributed by atoms with Crippen molar-refractivity contribution < 1.29 is 28.8 Å². The lowest BCUT2D eigenvalue weighted by molar-refractivity contribution is -0.384. The second-order valence-electron chi connectivity index (χ2n) is 10.4. The van der Waals surface area contributed by atoms with E-state index in [0.717, 1.165) is 10.3 Å². The summed E-state index contributed by atoms with van der Waals surface area (Å²) in [6.07, 6.45) is -0.158. The maximum atomic E-state index is 13.7. The standard InChI is InChI=1S/C26H25N3O7/c1-25(2,3)28-22(30)19-20(23(28)31)26(24(32)33,13-14-8-10-16(11-9-14)29(34)35)27-21(19)18-12-15-6-4-5-7-17(15)36-18/h4-12,19-21,27H,13H2,1-3H3,(H,32,33). The van der Waals surface area contributed by atoms with Crippen molar-refractivity contribution in [1.29, 1.82) is 0 Å². The van der Waals surface area contributed by atoms with Gasteiger partial charge in [-0.3, -0.25) is 34.7 Å². The normalized spacial score (nSPS) is 26.0. The molecule has 2 aliphatic heterocycles. The molecule has 0 aliphatic carbocycles. The average Bonchev–Trinajstić information content (AvgIpc) is 3.45. The molecule has 0 saturated carbocycles. The zero-order valence-corrected chi connectivity index (χ0v) is 19.9. The van der Waals surface area contributed by atoms with E-state index in [1.807, 2.05) is 18.2 Å². The first-order chi connectivity index (χ1) is 16.9. The van der Waals surface area contributed by atoms with Crippen LogP contribution in [0, 0.1) is 22.0 Å². The number of amides is 2. The average molecular weight is 492 g/mol. The van der Waals surface area contributed by atoms with Gasteiger partial charge in [-0.25, -0.2) is 0 Å². The minimum atomic E-state index is -1.84. The molecule has 10 heteroatoms. The van der Waals surface area contributed by atoms with Crippen LogP contribution in [0.3, 0.4) is 0 Å². The fraction of sp³-hybridized carbons (Fsp3) is 0.346. The number of benzene rings is 2. The van der Waals surface area contributed by atoms with Crippen LogP contribution in [0.5, 0.6) is 0 Å². The van der Waals surface area contributed by atoms with E-state index in [-0.39, 0.29) is 12.1 Å². The molecule has 2 aliphatic rings. The van der Waals surface area contributed by atoms with Crippen LogP contribution in [0.15, 0.2) is 59.0 Å². The Labute approximate surface area is 206 Å². The van der Waals surface area contributed by atoms with Crippen LogP contribution in [0.4, 0.5) is 5.69 Å². The first-order valence-electron chi connectivity index (χ1n) is 11.5. The number of hydrogen-bond donors (Lipinski definition) is 2. The number of nitrogens with one attached hydrogen (secondary N) is 1. The number of nitro benzene ring substituents is 1. The zero-order valence-electron chi connectivity index (χ0n) is 19.9. The third-order valence-electron chi connectivity index (χ3n) is 7.09. The molecule has 2 saturated heterocycles. The molecule has 36 heavy (non-hydrogen) atoms. The lowest BCUT2D eigenvalue weighted by Crippen LogP contribution is -2.58. The molecule has 0 radical (unpaired) electrons. The molecular formula is C26H25N3O7. The van der Waals surface area contributed by atoms with Crippen LogP contribution in [0.25, 0.3) is 11.0 Å². The molecular weight excluding hydrogens is 466 g/mol. The Morgan fingerprint density at radius 3 is 2.39 bits per heavy atom. The van der Waals surface area contributed by atoms with Gasteiger partial charge in [0.15, 0.2) is 0 Å². The number of carboxylic acid groups (broad SMARTS) is 1. The predicted octanol–water partition coefficient (Wildman–Crippen LogP) is 3.45. The number of fused-ring (bicyclic) bond motifs is 2. The van der Waals surface area contributed by atoms with E-state index in [0.29, 0.717) is 16.9 Å². The van der Waals surface area contributed by atoms with Crippen LogP contribution in [0.2, 0.25) is 0 Å². The summed E-state index contributed by atoms with van der Waals surface area (Å²) >= 11 is 0. The summed E-state index contributed by atoms with van der Waals surface area (Å²) in [5, 5.41) is 25.5. The number of aliphatic carboxylic acids is 1. The van der Waals surface area contributed by atoms with Crippen molar-refractivity contribution in [3.63, 3.8) is 0 Å². The van der Waals surface area contributed by atoms with E-state index in [1.165, 1.54) is 24.3 Å². The molecule has 2 aromatic carbocycles. The van der Waals surface area contributed by atoms with E-state index in [9.17, 15) is 29.6 Å². The maximum Gasteiger partial charge on any atom is 0.325 e. The SMILES string of the molecule is CC(C)(C)N1C(=O)C2C(c3cc4ccccc4o3)NC(Cc3ccc([N+](=O)[O-])cc3)(C(=O)O)C2C1=O. The van der Waals surface area contributed by atoms with Crippen molar-refractivity contribution in [3.05, 3.63) is 76.0 Å². The highest BCUT2D eigenvalue weighted by Gasteiger charge is 2.70.